The molecule has 0 unspecified atom stereocenters. The Morgan fingerprint density at radius 3 is 2.64 bits per heavy atom. The minimum absolute atomic E-state index is 0.208. The molecular formula is C10H9NO3. The van der Waals surface area contributed by atoms with E-state index in [1.807, 2.05) is 0 Å². The molecule has 0 aliphatic rings. The maximum Gasteiger partial charge on any atom is 0.345 e. The Balaban J connectivity index is 3.10. The average Bonchev–Trinajstić information content (AvgIpc) is 1.99. The number of pyridine rings is 1. The minimum Gasteiger partial charge on any atom is -0.428 e. The van der Waals surface area contributed by atoms with Gasteiger partial charge in [0.25, 0.3) is 0 Å². The Morgan fingerprint density at radius 2 is 1.93 bits per heavy atom. The van der Waals surface area contributed by atoms with Gasteiger partial charge in [-0.15, -0.1) is 0 Å². The number of hydrogen-bond donors (Lipinski definition) is 1. The topological polar surface area (TPSA) is 63.1 Å². The van der Waals surface area contributed by atoms with Crippen molar-refractivity contribution in [3.8, 4) is 0 Å². The van der Waals surface area contributed by atoms with Crippen LogP contribution >= 0.6 is 0 Å². The molecule has 0 amide bonds. The molecule has 0 fully saturated rings. The van der Waals surface area contributed by atoms with Crippen LogP contribution in [0.25, 0.3) is 10.9 Å². The lowest BCUT2D eigenvalue weighted by Gasteiger charge is -1.99. The molecule has 0 saturated carbocycles. The van der Waals surface area contributed by atoms with Gasteiger partial charge in [-0.05, 0) is 19.4 Å². The van der Waals surface area contributed by atoms with Crippen LogP contribution in [-0.4, -0.2) is 4.98 Å². The molecule has 72 valence electrons. The van der Waals surface area contributed by atoms with Crippen LogP contribution in [0.2, 0.25) is 0 Å². The Hall–Kier alpha value is -1.84. The molecule has 2 heterocycles. The van der Waals surface area contributed by atoms with E-state index in [0.29, 0.717) is 22.2 Å². The number of aryl methyl sites for hydroxylation is 2. The lowest BCUT2D eigenvalue weighted by atomic mass is 10.2. The molecule has 0 spiro atoms. The summed E-state index contributed by atoms with van der Waals surface area (Å²) in [5.74, 6) is 0.490. The number of aromatic nitrogens is 1. The van der Waals surface area contributed by atoms with Crippen molar-refractivity contribution in [1.29, 1.82) is 0 Å². The summed E-state index contributed by atoms with van der Waals surface area (Å²) in [6.07, 6.45) is 0. The lowest BCUT2D eigenvalue weighted by molar-refractivity contribution is 0.488. The van der Waals surface area contributed by atoms with Crippen molar-refractivity contribution >= 4 is 10.9 Å². The van der Waals surface area contributed by atoms with Gasteiger partial charge >= 0.3 is 5.63 Å². The molecular weight excluding hydrogens is 182 g/mol. The molecule has 0 aliphatic carbocycles. The molecule has 0 radical (unpaired) electrons. The highest BCUT2D eigenvalue weighted by molar-refractivity contribution is 5.80. The number of aromatic amines is 1. The average molecular weight is 191 g/mol. The van der Waals surface area contributed by atoms with Gasteiger partial charge < -0.3 is 9.40 Å². The van der Waals surface area contributed by atoms with Crippen molar-refractivity contribution in [1.82, 2.24) is 4.98 Å². The number of hydrogen-bond acceptors (Lipinski definition) is 3. The summed E-state index contributed by atoms with van der Waals surface area (Å²) in [6.45, 7) is 3.38. The smallest absolute Gasteiger partial charge is 0.345 e. The van der Waals surface area contributed by atoms with Crippen molar-refractivity contribution in [3.05, 3.63) is 44.2 Å². The lowest BCUT2D eigenvalue weighted by Crippen LogP contribution is -2.11. The zero-order chi connectivity index (χ0) is 10.3. The molecule has 2 aromatic heterocycles. The molecule has 2 aromatic rings. The van der Waals surface area contributed by atoms with Crippen LogP contribution in [0.5, 0.6) is 0 Å². The summed E-state index contributed by atoms with van der Waals surface area (Å²) in [5, 5.41) is 0.440. The van der Waals surface area contributed by atoms with Gasteiger partial charge in [-0.25, -0.2) is 4.79 Å². The van der Waals surface area contributed by atoms with Crippen LogP contribution in [0.1, 0.15) is 11.3 Å². The first-order valence-electron chi connectivity index (χ1n) is 4.22. The van der Waals surface area contributed by atoms with Gasteiger partial charge in [-0.1, -0.05) is 0 Å². The van der Waals surface area contributed by atoms with E-state index in [1.165, 1.54) is 6.07 Å². The zero-order valence-electron chi connectivity index (χ0n) is 7.88. The first kappa shape index (κ1) is 8.74. The van der Waals surface area contributed by atoms with E-state index >= 15 is 0 Å². The first-order valence-corrected chi connectivity index (χ1v) is 4.22. The summed E-state index contributed by atoms with van der Waals surface area (Å²) < 4.78 is 4.93. The third-order valence-electron chi connectivity index (χ3n) is 2.07. The summed E-state index contributed by atoms with van der Waals surface area (Å²) >= 11 is 0. The minimum atomic E-state index is -0.409. The van der Waals surface area contributed by atoms with Crippen LogP contribution in [0, 0.1) is 13.8 Å². The van der Waals surface area contributed by atoms with Gasteiger partial charge in [0.2, 0.25) is 5.56 Å². The second-order valence-electron chi connectivity index (χ2n) is 3.25. The van der Waals surface area contributed by atoms with Crippen molar-refractivity contribution in [2.45, 2.75) is 13.8 Å². The Labute approximate surface area is 79.2 Å². The van der Waals surface area contributed by atoms with E-state index in [-0.39, 0.29) is 5.56 Å². The van der Waals surface area contributed by atoms with Gasteiger partial charge in [0, 0.05) is 12.1 Å². The predicted octanol–water partition coefficient (Wildman–Crippen LogP) is 1.10. The summed E-state index contributed by atoms with van der Waals surface area (Å²) in [6, 6.07) is 3.03. The molecule has 2 rings (SSSR count). The largest absolute Gasteiger partial charge is 0.428 e. The van der Waals surface area contributed by atoms with Crippen molar-refractivity contribution < 1.29 is 4.42 Å². The third-order valence-corrected chi connectivity index (χ3v) is 2.07. The highest BCUT2D eigenvalue weighted by atomic mass is 16.4. The fourth-order valence-corrected chi connectivity index (χ4v) is 1.52. The second-order valence-corrected chi connectivity index (χ2v) is 3.25. The van der Waals surface area contributed by atoms with Crippen LogP contribution in [0.15, 0.2) is 26.1 Å². The summed E-state index contributed by atoms with van der Waals surface area (Å²) in [5.41, 5.74) is 0.551. The van der Waals surface area contributed by atoms with Crippen molar-refractivity contribution in [2.75, 3.05) is 0 Å². The number of rotatable bonds is 0. The molecule has 1 N–H and O–H groups in total. The highest BCUT2D eigenvalue weighted by Crippen LogP contribution is 2.10. The van der Waals surface area contributed by atoms with E-state index in [1.54, 1.807) is 19.9 Å². The van der Waals surface area contributed by atoms with Gasteiger partial charge in [-0.2, -0.15) is 0 Å². The highest BCUT2D eigenvalue weighted by Gasteiger charge is 2.05. The van der Waals surface area contributed by atoms with E-state index < -0.39 is 5.63 Å². The molecule has 0 atom stereocenters. The monoisotopic (exact) mass is 191 g/mol. The van der Waals surface area contributed by atoms with Gasteiger partial charge in [-0.3, -0.25) is 4.79 Å². The van der Waals surface area contributed by atoms with Gasteiger partial charge in [0.15, 0.2) is 0 Å². The van der Waals surface area contributed by atoms with Gasteiger partial charge in [0.1, 0.15) is 5.76 Å². The predicted molar refractivity (Wildman–Crippen MR) is 52.6 cm³/mol. The molecule has 4 heteroatoms. The Bertz CT molecular complexity index is 607. The van der Waals surface area contributed by atoms with E-state index in [0.717, 1.165) is 0 Å². The molecule has 0 aliphatic heterocycles. The Kier molecular flexibility index (Phi) is 1.77. The van der Waals surface area contributed by atoms with Crippen LogP contribution in [0.4, 0.5) is 0 Å². The normalized spacial score (nSPS) is 10.7. The number of fused-ring (bicyclic) bond motifs is 1. The summed E-state index contributed by atoms with van der Waals surface area (Å²) in [7, 11) is 0. The number of H-pyrrole nitrogens is 1. The standard InChI is InChI=1S/C10H9NO3/c1-5-3-8(12)11-7-4-6(2)14-10(13)9(5)7/h3-4H,1-2H3,(H,11,12). The van der Waals surface area contributed by atoms with Gasteiger partial charge in [0.05, 0.1) is 10.9 Å². The van der Waals surface area contributed by atoms with Crippen LogP contribution in [-0.2, 0) is 0 Å². The molecule has 0 saturated heterocycles. The van der Waals surface area contributed by atoms with E-state index in [2.05, 4.69) is 4.98 Å². The third kappa shape index (κ3) is 1.25. The Morgan fingerprint density at radius 1 is 1.21 bits per heavy atom. The molecule has 0 aromatic carbocycles. The molecule has 4 nitrogen and oxygen atoms in total. The van der Waals surface area contributed by atoms with Crippen molar-refractivity contribution in [2.24, 2.45) is 0 Å². The quantitative estimate of drug-likeness (QED) is 0.678. The van der Waals surface area contributed by atoms with Crippen molar-refractivity contribution in [3.63, 3.8) is 0 Å². The molecule has 14 heavy (non-hydrogen) atoms. The maximum absolute atomic E-state index is 11.4. The number of nitrogens with one attached hydrogen (secondary N) is 1. The second kappa shape index (κ2) is 2.83. The molecule has 0 bridgehead atoms. The zero-order valence-corrected chi connectivity index (χ0v) is 7.88. The SMILES string of the molecule is Cc1cc2[nH]c(=O)cc(C)c2c(=O)o1. The van der Waals surface area contributed by atoms with E-state index in [4.69, 9.17) is 4.42 Å². The fourth-order valence-electron chi connectivity index (χ4n) is 1.52. The fraction of sp³-hybridized carbons (Fsp3) is 0.200. The van der Waals surface area contributed by atoms with Crippen LogP contribution < -0.4 is 11.2 Å². The first-order chi connectivity index (χ1) is 6.58. The summed E-state index contributed by atoms with van der Waals surface area (Å²) in [4.78, 5) is 25.2. The van der Waals surface area contributed by atoms with E-state index in [9.17, 15) is 9.59 Å². The maximum atomic E-state index is 11.4. The van der Waals surface area contributed by atoms with Crippen LogP contribution in [0.3, 0.4) is 0 Å².